The molecule has 1 aromatic rings. The number of halogens is 2. The molecule has 0 aliphatic rings. The van der Waals surface area contributed by atoms with Gasteiger partial charge in [0.2, 0.25) is 5.91 Å². The van der Waals surface area contributed by atoms with Crippen molar-refractivity contribution >= 4 is 11.9 Å². The highest BCUT2D eigenvalue weighted by Crippen LogP contribution is 2.12. The highest BCUT2D eigenvalue weighted by Gasteiger charge is 2.19. The number of carbonyl (C=O) groups is 2. The molecule has 1 unspecified atom stereocenters. The summed E-state index contributed by atoms with van der Waals surface area (Å²) in [6, 6.07) is 2.50. The predicted molar refractivity (Wildman–Crippen MR) is 64.3 cm³/mol. The Morgan fingerprint density at radius 2 is 1.89 bits per heavy atom. The van der Waals surface area contributed by atoms with Crippen molar-refractivity contribution in [1.82, 2.24) is 5.32 Å². The van der Waals surface area contributed by atoms with Gasteiger partial charge in [0.05, 0.1) is 13.0 Å². The lowest BCUT2D eigenvalue weighted by Crippen LogP contribution is -2.40. The van der Waals surface area contributed by atoms with Crippen molar-refractivity contribution in [1.29, 1.82) is 0 Å². The fraction of sp³-hybridized carbons (Fsp3) is 0.385. The number of rotatable bonds is 5. The van der Waals surface area contributed by atoms with Crippen molar-refractivity contribution in [2.24, 2.45) is 0 Å². The van der Waals surface area contributed by atoms with Crippen LogP contribution in [0.3, 0.4) is 0 Å². The lowest BCUT2D eigenvalue weighted by Gasteiger charge is -2.13. The number of hydrogen-bond acceptors (Lipinski definition) is 3. The molecule has 19 heavy (non-hydrogen) atoms. The Morgan fingerprint density at radius 1 is 1.32 bits per heavy atom. The standard InChI is InChI=1S/C13H15F2NO3/c1-3-19-13(18)8(2)16-12(17)7-9-10(14)5-4-6-11(9)15/h4-6,8H,3,7H2,1-2H3,(H,16,17). The SMILES string of the molecule is CCOC(=O)C(C)NC(=O)Cc1c(F)cccc1F. The van der Waals surface area contributed by atoms with Crippen LogP contribution >= 0.6 is 0 Å². The van der Waals surface area contributed by atoms with Crippen molar-refractivity contribution in [2.45, 2.75) is 26.3 Å². The maximum Gasteiger partial charge on any atom is 0.328 e. The summed E-state index contributed by atoms with van der Waals surface area (Å²) in [6.07, 6.45) is -0.470. The van der Waals surface area contributed by atoms with Gasteiger partial charge in [-0.2, -0.15) is 0 Å². The smallest absolute Gasteiger partial charge is 0.328 e. The molecule has 1 N–H and O–H groups in total. The summed E-state index contributed by atoms with van der Waals surface area (Å²) >= 11 is 0. The molecule has 0 saturated heterocycles. The summed E-state index contributed by atoms with van der Waals surface area (Å²) in [5.74, 6) is -2.83. The van der Waals surface area contributed by atoms with Crippen molar-refractivity contribution < 1.29 is 23.1 Å². The molecule has 0 saturated carbocycles. The van der Waals surface area contributed by atoms with E-state index in [0.29, 0.717) is 0 Å². The van der Waals surface area contributed by atoms with E-state index in [1.54, 1.807) is 6.92 Å². The number of benzene rings is 1. The Kier molecular flexibility index (Phi) is 5.41. The monoisotopic (exact) mass is 271 g/mol. The first-order valence-electron chi connectivity index (χ1n) is 5.84. The average Bonchev–Trinajstić information content (AvgIpc) is 2.34. The van der Waals surface area contributed by atoms with Crippen LogP contribution in [0.2, 0.25) is 0 Å². The first kappa shape index (κ1) is 15.1. The van der Waals surface area contributed by atoms with Crippen LogP contribution in [0.25, 0.3) is 0 Å². The van der Waals surface area contributed by atoms with E-state index in [-0.39, 0.29) is 12.2 Å². The molecule has 1 atom stereocenters. The van der Waals surface area contributed by atoms with Crippen LogP contribution in [0, 0.1) is 11.6 Å². The van der Waals surface area contributed by atoms with E-state index in [1.807, 2.05) is 0 Å². The minimum Gasteiger partial charge on any atom is -0.464 e. The van der Waals surface area contributed by atoms with E-state index >= 15 is 0 Å². The van der Waals surface area contributed by atoms with E-state index in [2.05, 4.69) is 5.32 Å². The van der Waals surface area contributed by atoms with Gasteiger partial charge in [-0.3, -0.25) is 4.79 Å². The molecular weight excluding hydrogens is 256 g/mol. The summed E-state index contributed by atoms with van der Waals surface area (Å²) in [6.45, 7) is 3.27. The van der Waals surface area contributed by atoms with E-state index in [1.165, 1.54) is 13.0 Å². The molecule has 0 aliphatic heterocycles. The molecule has 6 heteroatoms. The number of ether oxygens (including phenoxy) is 1. The van der Waals surface area contributed by atoms with Crippen molar-refractivity contribution in [2.75, 3.05) is 6.61 Å². The van der Waals surface area contributed by atoms with Gasteiger partial charge in [-0.05, 0) is 26.0 Å². The number of esters is 1. The van der Waals surface area contributed by atoms with Crippen LogP contribution in [-0.4, -0.2) is 24.5 Å². The molecule has 4 nitrogen and oxygen atoms in total. The van der Waals surface area contributed by atoms with Gasteiger partial charge < -0.3 is 10.1 Å². The van der Waals surface area contributed by atoms with E-state index in [0.717, 1.165) is 12.1 Å². The van der Waals surface area contributed by atoms with Gasteiger partial charge in [0, 0.05) is 5.56 Å². The molecule has 0 spiro atoms. The third kappa shape index (κ3) is 4.31. The quantitative estimate of drug-likeness (QED) is 0.827. The summed E-state index contributed by atoms with van der Waals surface area (Å²) in [5.41, 5.74) is -0.323. The topological polar surface area (TPSA) is 55.4 Å². The lowest BCUT2D eigenvalue weighted by atomic mass is 10.1. The second-order valence-electron chi connectivity index (χ2n) is 3.92. The average molecular weight is 271 g/mol. The second kappa shape index (κ2) is 6.82. The van der Waals surface area contributed by atoms with Gasteiger partial charge in [-0.15, -0.1) is 0 Å². The highest BCUT2D eigenvalue weighted by atomic mass is 19.1. The normalized spacial score (nSPS) is 11.8. The third-order valence-corrected chi connectivity index (χ3v) is 2.42. The van der Waals surface area contributed by atoms with E-state index in [4.69, 9.17) is 4.74 Å². The van der Waals surface area contributed by atoms with Crippen molar-refractivity contribution in [3.63, 3.8) is 0 Å². The molecular formula is C13H15F2NO3. The second-order valence-corrected chi connectivity index (χ2v) is 3.92. The molecule has 1 rings (SSSR count). The van der Waals surface area contributed by atoms with Crippen LogP contribution in [0.1, 0.15) is 19.4 Å². The summed E-state index contributed by atoms with van der Waals surface area (Å²) in [5, 5.41) is 2.32. The first-order valence-corrected chi connectivity index (χ1v) is 5.84. The highest BCUT2D eigenvalue weighted by molar-refractivity contribution is 5.85. The number of nitrogens with one attached hydrogen (secondary N) is 1. The van der Waals surface area contributed by atoms with Crippen LogP contribution in [0.5, 0.6) is 0 Å². The molecule has 104 valence electrons. The molecule has 0 fully saturated rings. The molecule has 0 radical (unpaired) electrons. The Hall–Kier alpha value is -1.98. The summed E-state index contributed by atoms with van der Waals surface area (Å²) < 4.78 is 31.3. The fourth-order valence-corrected chi connectivity index (χ4v) is 1.48. The van der Waals surface area contributed by atoms with Gasteiger partial charge in [0.25, 0.3) is 0 Å². The van der Waals surface area contributed by atoms with E-state index < -0.39 is 36.0 Å². The molecule has 0 bridgehead atoms. The Bertz CT molecular complexity index is 457. The molecule has 0 aliphatic carbocycles. The lowest BCUT2D eigenvalue weighted by molar-refractivity contribution is -0.146. The fourth-order valence-electron chi connectivity index (χ4n) is 1.48. The largest absolute Gasteiger partial charge is 0.464 e. The number of hydrogen-bond donors (Lipinski definition) is 1. The van der Waals surface area contributed by atoms with Crippen LogP contribution in [0.4, 0.5) is 8.78 Å². The van der Waals surface area contributed by atoms with Crippen LogP contribution in [0.15, 0.2) is 18.2 Å². The molecule has 0 aromatic heterocycles. The zero-order valence-corrected chi connectivity index (χ0v) is 10.7. The Labute approximate surface area is 109 Å². The zero-order valence-electron chi connectivity index (χ0n) is 10.7. The summed E-state index contributed by atoms with van der Waals surface area (Å²) in [7, 11) is 0. The predicted octanol–water partition coefficient (Wildman–Crippen LogP) is 1.58. The maximum absolute atomic E-state index is 13.3. The summed E-state index contributed by atoms with van der Waals surface area (Å²) in [4.78, 5) is 22.9. The third-order valence-electron chi connectivity index (χ3n) is 2.42. The number of carbonyl (C=O) groups excluding carboxylic acids is 2. The molecule has 1 aromatic carbocycles. The number of amides is 1. The molecule has 0 heterocycles. The molecule has 1 amide bonds. The van der Waals surface area contributed by atoms with Gasteiger partial charge in [0.1, 0.15) is 17.7 Å². The van der Waals surface area contributed by atoms with Gasteiger partial charge in [-0.1, -0.05) is 6.07 Å². The van der Waals surface area contributed by atoms with Gasteiger partial charge in [0.15, 0.2) is 0 Å². The Balaban J connectivity index is 2.63. The minimum absolute atomic E-state index is 0.195. The van der Waals surface area contributed by atoms with Crippen LogP contribution in [-0.2, 0) is 20.7 Å². The minimum atomic E-state index is -0.859. The maximum atomic E-state index is 13.3. The first-order chi connectivity index (χ1) is 8.95. The van der Waals surface area contributed by atoms with Gasteiger partial charge >= 0.3 is 5.97 Å². The van der Waals surface area contributed by atoms with E-state index in [9.17, 15) is 18.4 Å². The van der Waals surface area contributed by atoms with Crippen molar-refractivity contribution in [3.05, 3.63) is 35.4 Å². The Morgan fingerprint density at radius 3 is 2.42 bits per heavy atom. The van der Waals surface area contributed by atoms with Crippen molar-refractivity contribution in [3.8, 4) is 0 Å². The van der Waals surface area contributed by atoms with Crippen LogP contribution < -0.4 is 5.32 Å². The zero-order chi connectivity index (χ0) is 14.4. The van der Waals surface area contributed by atoms with Gasteiger partial charge in [-0.25, -0.2) is 13.6 Å².